The smallest absolute Gasteiger partial charge is 0.394 e. The Balaban J connectivity index is 3.71. The molecular weight excluding hydrogens is 166 g/mol. The van der Waals surface area contributed by atoms with E-state index in [1.54, 1.807) is 0 Å². The van der Waals surface area contributed by atoms with E-state index in [-0.39, 0.29) is 0 Å². The molecule has 0 aliphatic rings. The van der Waals surface area contributed by atoms with Crippen LogP contribution in [0, 0.1) is 11.3 Å². The van der Waals surface area contributed by atoms with Gasteiger partial charge in [0.25, 0.3) is 0 Å². The lowest BCUT2D eigenvalue weighted by molar-refractivity contribution is -0.196. The second kappa shape index (κ2) is 4.45. The Labute approximate surface area is 61.7 Å². The summed E-state index contributed by atoms with van der Waals surface area (Å²) in [6.45, 7) is -0.932. The van der Waals surface area contributed by atoms with Gasteiger partial charge in [-0.3, -0.25) is 0 Å². The van der Waals surface area contributed by atoms with Crippen molar-refractivity contribution in [1.82, 2.24) is 0 Å². The summed E-state index contributed by atoms with van der Waals surface area (Å²) in [5, 5.41) is 9.54. The molecule has 0 aliphatic carbocycles. The Hall–Kier alpha value is -0.370. The zero-order valence-corrected chi connectivity index (χ0v) is 5.66. The largest absolute Gasteiger partial charge is 0.424 e. The van der Waals surface area contributed by atoms with Gasteiger partial charge in [0.05, 0.1) is 13.2 Å². The van der Waals surface area contributed by atoms with Gasteiger partial charge < -0.3 is 9.84 Å². The highest BCUT2D eigenvalue weighted by molar-refractivity contribution is 6.30. The summed E-state index contributed by atoms with van der Waals surface area (Å²) in [6, 6.07) is 0. The van der Waals surface area contributed by atoms with E-state index in [0.717, 1.165) is 0 Å². The van der Waals surface area contributed by atoms with Crippen LogP contribution in [0.4, 0.5) is 8.78 Å². The van der Waals surface area contributed by atoms with Crippen LogP contribution in [0.5, 0.6) is 0 Å². The molecule has 0 aromatic rings. The van der Waals surface area contributed by atoms with E-state index in [0.29, 0.717) is 0 Å². The molecule has 0 unspecified atom stereocenters. The van der Waals surface area contributed by atoms with Gasteiger partial charge in [0.1, 0.15) is 0 Å². The molecule has 0 amide bonds. The fourth-order valence-electron chi connectivity index (χ4n) is 0.265. The van der Waals surface area contributed by atoms with Crippen molar-refractivity contribution in [2.24, 2.45) is 0 Å². The molecule has 10 heavy (non-hydrogen) atoms. The summed E-state index contributed by atoms with van der Waals surface area (Å²) in [7, 11) is 0. The van der Waals surface area contributed by atoms with Crippen LogP contribution in [0.2, 0.25) is 0 Å². The summed E-state index contributed by atoms with van der Waals surface area (Å²) < 4.78 is 27.8. The van der Waals surface area contributed by atoms with Crippen LogP contribution < -0.4 is 0 Å². The summed E-state index contributed by atoms with van der Waals surface area (Å²) in [5.74, 6) is 1.31. The van der Waals surface area contributed by atoms with E-state index in [1.807, 2.05) is 0 Å². The second-order valence-electron chi connectivity index (χ2n) is 1.31. The van der Waals surface area contributed by atoms with Gasteiger partial charge in [-0.2, -0.15) is 8.78 Å². The normalized spacial score (nSPS) is 10.4. The molecule has 5 heteroatoms. The zero-order chi connectivity index (χ0) is 8.04. The first kappa shape index (κ1) is 9.63. The quantitative estimate of drug-likeness (QED) is 0.635. The summed E-state index contributed by atoms with van der Waals surface area (Å²) in [4.78, 5) is 0. The van der Waals surface area contributed by atoms with Crippen molar-refractivity contribution in [2.75, 3.05) is 13.2 Å². The highest BCUT2D eigenvalue weighted by atomic mass is 35.5. The average molecular weight is 171 g/mol. The molecule has 0 saturated heterocycles. The minimum Gasteiger partial charge on any atom is -0.394 e. The third kappa shape index (κ3) is 4.50. The molecule has 0 bridgehead atoms. The molecule has 2 nitrogen and oxygen atoms in total. The van der Waals surface area contributed by atoms with E-state index in [9.17, 15) is 8.78 Å². The van der Waals surface area contributed by atoms with Crippen LogP contribution in [0.1, 0.15) is 0 Å². The Bertz CT molecular complexity index is 149. The Morgan fingerprint density at radius 3 is 2.60 bits per heavy atom. The van der Waals surface area contributed by atoms with Crippen LogP contribution in [0.15, 0.2) is 0 Å². The molecule has 0 aromatic heterocycles. The Morgan fingerprint density at radius 1 is 1.60 bits per heavy atom. The monoisotopic (exact) mass is 170 g/mol. The predicted molar refractivity (Wildman–Crippen MR) is 31.6 cm³/mol. The number of aliphatic hydroxyl groups is 1. The van der Waals surface area contributed by atoms with Gasteiger partial charge in [0.2, 0.25) is 0 Å². The third-order valence-electron chi connectivity index (χ3n) is 0.567. The van der Waals surface area contributed by atoms with Gasteiger partial charge >= 0.3 is 6.11 Å². The highest BCUT2D eigenvalue weighted by Crippen LogP contribution is 2.12. The molecule has 0 atom stereocenters. The number of hydrogen-bond acceptors (Lipinski definition) is 2. The Kier molecular flexibility index (Phi) is 4.28. The Morgan fingerprint density at radius 2 is 2.20 bits per heavy atom. The fourth-order valence-corrected chi connectivity index (χ4v) is 0.375. The first-order chi connectivity index (χ1) is 4.62. The van der Waals surface area contributed by atoms with Gasteiger partial charge in [-0.15, -0.1) is 0 Å². The van der Waals surface area contributed by atoms with Crippen LogP contribution in [0.25, 0.3) is 0 Å². The molecule has 0 saturated carbocycles. The molecule has 0 spiro atoms. The van der Waals surface area contributed by atoms with Gasteiger partial charge in [-0.05, 0) is 11.6 Å². The van der Waals surface area contributed by atoms with Gasteiger partial charge in [0.15, 0.2) is 0 Å². The lowest BCUT2D eigenvalue weighted by Crippen LogP contribution is -2.20. The molecule has 0 fully saturated rings. The predicted octanol–water partition coefficient (Wildman–Crippen LogP) is 0.788. The van der Waals surface area contributed by atoms with Crippen LogP contribution in [0.3, 0.4) is 0 Å². The van der Waals surface area contributed by atoms with E-state index in [2.05, 4.69) is 16.3 Å². The lowest BCUT2D eigenvalue weighted by atomic mass is 10.6. The SMILES string of the molecule is OCCOC(F)(F)C#CCl. The maximum atomic E-state index is 12.0. The number of hydrogen-bond donors (Lipinski definition) is 1. The van der Waals surface area contributed by atoms with Crippen molar-refractivity contribution >= 4 is 11.6 Å². The summed E-state index contributed by atoms with van der Waals surface area (Å²) in [5.41, 5.74) is 0. The van der Waals surface area contributed by atoms with E-state index < -0.39 is 19.3 Å². The van der Waals surface area contributed by atoms with Gasteiger partial charge in [-0.1, -0.05) is 0 Å². The molecule has 0 rings (SSSR count). The average Bonchev–Trinajstić information content (AvgIpc) is 1.84. The minimum absolute atomic E-state index is 0.460. The summed E-state index contributed by atoms with van der Waals surface area (Å²) >= 11 is 4.68. The lowest BCUT2D eigenvalue weighted by Gasteiger charge is -2.07. The molecule has 0 heterocycles. The van der Waals surface area contributed by atoms with Crippen molar-refractivity contribution in [3.8, 4) is 11.3 Å². The molecule has 0 aliphatic heterocycles. The zero-order valence-electron chi connectivity index (χ0n) is 4.90. The van der Waals surface area contributed by atoms with E-state index in [1.165, 1.54) is 11.3 Å². The maximum Gasteiger partial charge on any atom is 0.424 e. The van der Waals surface area contributed by atoms with E-state index >= 15 is 0 Å². The molecular formula is C5H5ClF2O2. The topological polar surface area (TPSA) is 29.5 Å². The molecule has 0 aromatic carbocycles. The van der Waals surface area contributed by atoms with Crippen molar-refractivity contribution in [2.45, 2.75) is 6.11 Å². The standard InChI is InChI=1S/C5H5ClF2O2/c6-2-1-5(7,8)10-4-3-9/h9H,3-4H2. The van der Waals surface area contributed by atoms with Gasteiger partial charge in [0, 0.05) is 11.3 Å². The fraction of sp³-hybridized carbons (Fsp3) is 0.600. The van der Waals surface area contributed by atoms with Crippen LogP contribution in [-0.2, 0) is 4.74 Å². The number of ether oxygens (including phenoxy) is 1. The second-order valence-corrected chi connectivity index (χ2v) is 1.50. The van der Waals surface area contributed by atoms with Crippen molar-refractivity contribution in [1.29, 1.82) is 0 Å². The third-order valence-corrected chi connectivity index (χ3v) is 0.662. The first-order valence-corrected chi connectivity index (χ1v) is 2.75. The number of halogens is 3. The highest BCUT2D eigenvalue weighted by Gasteiger charge is 2.26. The van der Waals surface area contributed by atoms with Crippen molar-refractivity contribution < 1.29 is 18.6 Å². The first-order valence-electron chi connectivity index (χ1n) is 2.38. The van der Waals surface area contributed by atoms with Crippen LogP contribution in [-0.4, -0.2) is 24.4 Å². The van der Waals surface area contributed by atoms with Crippen molar-refractivity contribution in [3.63, 3.8) is 0 Å². The number of aliphatic hydroxyl groups excluding tert-OH is 1. The van der Waals surface area contributed by atoms with Crippen molar-refractivity contribution in [3.05, 3.63) is 0 Å². The minimum atomic E-state index is -3.55. The van der Waals surface area contributed by atoms with Gasteiger partial charge in [-0.25, -0.2) is 0 Å². The maximum absolute atomic E-state index is 12.0. The number of rotatable bonds is 3. The number of alkyl halides is 2. The van der Waals surface area contributed by atoms with E-state index in [4.69, 9.17) is 5.11 Å². The molecule has 58 valence electrons. The summed E-state index contributed by atoms with van der Waals surface area (Å²) in [6.07, 6.45) is -3.55. The molecule has 1 N–H and O–H groups in total. The van der Waals surface area contributed by atoms with Crippen LogP contribution >= 0.6 is 11.6 Å². The molecule has 0 radical (unpaired) electrons.